The van der Waals surface area contributed by atoms with Crippen LogP contribution in [0.5, 0.6) is 0 Å². The van der Waals surface area contributed by atoms with Gasteiger partial charge in [-0.05, 0) is 156 Å². The molecule has 4 aliphatic rings. The van der Waals surface area contributed by atoms with Crippen LogP contribution in [-0.2, 0) is 19.1 Å². The molecule has 47 heavy (non-hydrogen) atoms. The molecular formula is C39H67N3O5. The molecule has 0 bridgehead atoms. The number of fused-ring (bicyclic) bond motifs is 5. The van der Waals surface area contributed by atoms with Gasteiger partial charge in [-0.1, -0.05) is 39.3 Å². The molecule has 4 rings (SSSR count). The number of methoxy groups -OCH3 is 1. The zero-order chi connectivity index (χ0) is 34.6. The third-order valence-electron chi connectivity index (χ3n) is 13.5. The average Bonchev–Trinajstić information content (AvgIpc) is 3.28. The van der Waals surface area contributed by atoms with Crippen molar-refractivity contribution in [3.63, 3.8) is 0 Å². The van der Waals surface area contributed by atoms with E-state index in [1.165, 1.54) is 19.6 Å². The smallest absolute Gasteiger partial charge is 0.333 e. The SMILES string of the molecule is COC(=O)/C(CCC=C(C)C)=C1\[C@@H](OC(C)=O)C[C@@]2(C)[C@@H]1C[C@@H](O)[C@@H]1[C@@]3(C)CC[C@H](NCCCNCCCCN)[C@@H](C)C3CC[C@@]12C. The number of nitrogens with two attached hydrogens (primary N) is 1. The van der Waals surface area contributed by atoms with Crippen LogP contribution in [0.15, 0.2) is 22.8 Å². The predicted octanol–water partition coefficient (Wildman–Crippen LogP) is 6.07. The molecule has 0 aliphatic heterocycles. The third-order valence-corrected chi connectivity index (χ3v) is 13.5. The lowest BCUT2D eigenvalue weighted by atomic mass is 9.36. The first-order valence-corrected chi connectivity index (χ1v) is 18.7. The van der Waals surface area contributed by atoms with Gasteiger partial charge >= 0.3 is 11.9 Å². The summed E-state index contributed by atoms with van der Waals surface area (Å²) >= 11 is 0. The normalized spacial score (nSPS) is 38.9. The van der Waals surface area contributed by atoms with Crippen molar-refractivity contribution < 1.29 is 24.2 Å². The van der Waals surface area contributed by atoms with Crippen molar-refractivity contribution in [2.75, 3.05) is 33.3 Å². The van der Waals surface area contributed by atoms with E-state index in [0.29, 0.717) is 49.1 Å². The molecule has 0 amide bonds. The highest BCUT2D eigenvalue weighted by atomic mass is 16.5. The summed E-state index contributed by atoms with van der Waals surface area (Å²) in [5.74, 6) is 0.476. The van der Waals surface area contributed by atoms with Crippen LogP contribution in [0, 0.1) is 39.9 Å². The van der Waals surface area contributed by atoms with E-state index < -0.39 is 12.2 Å². The molecule has 8 nitrogen and oxygen atoms in total. The number of hydrogen-bond donors (Lipinski definition) is 4. The minimum Gasteiger partial charge on any atom is -0.466 e. The molecular weight excluding hydrogens is 590 g/mol. The molecule has 10 atom stereocenters. The maximum atomic E-state index is 13.4. The Morgan fingerprint density at radius 1 is 1.02 bits per heavy atom. The summed E-state index contributed by atoms with van der Waals surface area (Å²) in [6.45, 7) is 19.1. The van der Waals surface area contributed by atoms with E-state index in [0.717, 1.165) is 76.7 Å². The predicted molar refractivity (Wildman–Crippen MR) is 188 cm³/mol. The van der Waals surface area contributed by atoms with Crippen LogP contribution < -0.4 is 16.4 Å². The van der Waals surface area contributed by atoms with Gasteiger partial charge in [0.15, 0.2) is 0 Å². The first kappa shape index (κ1) is 38.1. The molecule has 4 aliphatic carbocycles. The monoisotopic (exact) mass is 658 g/mol. The van der Waals surface area contributed by atoms with Gasteiger partial charge in [-0.3, -0.25) is 4.79 Å². The van der Waals surface area contributed by atoms with Crippen LogP contribution in [0.25, 0.3) is 0 Å². The Labute approximate surface area is 285 Å². The van der Waals surface area contributed by atoms with Gasteiger partial charge in [0.05, 0.1) is 13.2 Å². The van der Waals surface area contributed by atoms with E-state index in [1.54, 1.807) is 0 Å². The highest BCUT2D eigenvalue weighted by Gasteiger charge is 2.70. The zero-order valence-corrected chi connectivity index (χ0v) is 30.9. The Morgan fingerprint density at radius 3 is 2.40 bits per heavy atom. The molecule has 0 aromatic rings. The molecule has 0 spiro atoms. The Hall–Kier alpha value is -1.74. The van der Waals surface area contributed by atoms with Crippen LogP contribution >= 0.6 is 0 Å². The van der Waals surface area contributed by atoms with Crippen LogP contribution in [0.3, 0.4) is 0 Å². The number of ether oxygens (including phenoxy) is 2. The number of aliphatic hydroxyl groups excluding tert-OH is 1. The Morgan fingerprint density at radius 2 is 1.74 bits per heavy atom. The Bertz CT molecular complexity index is 1170. The quantitative estimate of drug-likeness (QED) is 0.0769. The third kappa shape index (κ3) is 7.56. The van der Waals surface area contributed by atoms with Crippen LogP contribution in [0.1, 0.15) is 119 Å². The van der Waals surface area contributed by atoms with Crippen molar-refractivity contribution in [2.24, 2.45) is 45.7 Å². The second kappa shape index (κ2) is 15.9. The molecule has 1 unspecified atom stereocenters. The van der Waals surface area contributed by atoms with E-state index in [2.05, 4.69) is 58.3 Å². The minimum atomic E-state index is -0.490. The van der Waals surface area contributed by atoms with E-state index in [-0.39, 0.29) is 40.0 Å². The molecule has 268 valence electrons. The van der Waals surface area contributed by atoms with Gasteiger partial charge in [0.1, 0.15) is 6.10 Å². The number of carbonyl (C=O) groups is 2. The van der Waals surface area contributed by atoms with Crippen molar-refractivity contribution in [2.45, 2.75) is 137 Å². The van der Waals surface area contributed by atoms with Gasteiger partial charge in [-0.2, -0.15) is 0 Å². The summed E-state index contributed by atoms with van der Waals surface area (Å²) in [5.41, 5.74) is 7.96. The summed E-state index contributed by atoms with van der Waals surface area (Å²) in [6.07, 6.45) is 11.4. The van der Waals surface area contributed by atoms with E-state index in [1.807, 2.05) is 0 Å². The fourth-order valence-corrected chi connectivity index (χ4v) is 11.2. The van der Waals surface area contributed by atoms with Gasteiger partial charge in [0.2, 0.25) is 0 Å². The Balaban J connectivity index is 1.58. The van der Waals surface area contributed by atoms with Crippen LogP contribution in [0.4, 0.5) is 0 Å². The summed E-state index contributed by atoms with van der Waals surface area (Å²) in [4.78, 5) is 25.9. The highest BCUT2D eigenvalue weighted by molar-refractivity contribution is 5.90. The molecule has 4 fully saturated rings. The molecule has 4 saturated carbocycles. The molecule has 5 N–H and O–H groups in total. The van der Waals surface area contributed by atoms with Gasteiger partial charge in [-0.15, -0.1) is 0 Å². The number of nitrogens with one attached hydrogen (secondary N) is 2. The fourth-order valence-electron chi connectivity index (χ4n) is 11.2. The average molecular weight is 658 g/mol. The van der Waals surface area contributed by atoms with Crippen LogP contribution in [-0.4, -0.2) is 68.6 Å². The zero-order valence-electron chi connectivity index (χ0n) is 30.9. The standard InChI is InChI=1S/C39H67N3O5/c1-25(2)13-11-14-28(36(45)46-8)34-30-23-32(44)35-37(5)17-16-31(42-22-12-21-41-20-10-9-19-40)26(3)29(37)15-18-38(35,6)39(30,7)24-33(34)47-27(4)43/h13,26,29-33,35,41-42,44H,9-12,14-24,40H2,1-8H3/b34-28-/t26-,29?,30+,31-,32+,33-,35+,37-,38-,39-/m0/s1. The summed E-state index contributed by atoms with van der Waals surface area (Å²) < 4.78 is 11.4. The first-order chi connectivity index (χ1) is 22.2. The lowest BCUT2D eigenvalue weighted by Crippen LogP contribution is -2.66. The highest BCUT2D eigenvalue weighted by Crippen LogP contribution is 2.74. The number of allylic oxidation sites excluding steroid dienone is 2. The molecule has 0 aromatic heterocycles. The number of esters is 2. The molecule has 0 radical (unpaired) electrons. The molecule has 0 heterocycles. The van der Waals surface area contributed by atoms with Gasteiger partial charge < -0.3 is 30.9 Å². The van der Waals surface area contributed by atoms with Crippen molar-refractivity contribution in [1.82, 2.24) is 10.6 Å². The topological polar surface area (TPSA) is 123 Å². The van der Waals surface area contributed by atoms with Gasteiger partial charge in [0.25, 0.3) is 0 Å². The molecule has 0 aromatic carbocycles. The molecule has 8 heteroatoms. The lowest BCUT2D eigenvalue weighted by molar-refractivity contribution is -0.227. The van der Waals surface area contributed by atoms with Crippen molar-refractivity contribution in [3.05, 3.63) is 22.8 Å². The fraction of sp³-hybridized carbons (Fsp3) is 0.846. The second-order valence-electron chi connectivity index (χ2n) is 16.4. The number of carbonyl (C=O) groups excluding carboxylic acids is 2. The number of hydrogen-bond acceptors (Lipinski definition) is 8. The van der Waals surface area contributed by atoms with Gasteiger partial charge in [-0.25, -0.2) is 4.79 Å². The maximum absolute atomic E-state index is 13.4. The van der Waals surface area contributed by atoms with Crippen molar-refractivity contribution in [3.8, 4) is 0 Å². The van der Waals surface area contributed by atoms with Crippen LogP contribution in [0.2, 0.25) is 0 Å². The summed E-state index contributed by atoms with van der Waals surface area (Å²) in [7, 11) is 1.43. The molecule has 0 saturated heterocycles. The van der Waals surface area contributed by atoms with E-state index in [9.17, 15) is 14.7 Å². The van der Waals surface area contributed by atoms with E-state index in [4.69, 9.17) is 15.2 Å². The van der Waals surface area contributed by atoms with Gasteiger partial charge in [0, 0.05) is 18.5 Å². The van der Waals surface area contributed by atoms with E-state index >= 15 is 0 Å². The van der Waals surface area contributed by atoms with Crippen molar-refractivity contribution >= 4 is 11.9 Å². The minimum absolute atomic E-state index is 0.0144. The number of rotatable bonds is 14. The largest absolute Gasteiger partial charge is 0.466 e. The number of aliphatic hydroxyl groups is 1. The summed E-state index contributed by atoms with van der Waals surface area (Å²) in [6, 6.07) is 0.497. The number of unbranched alkanes of at least 4 members (excludes halogenated alkanes) is 1. The van der Waals surface area contributed by atoms with Crippen molar-refractivity contribution in [1.29, 1.82) is 0 Å². The lowest BCUT2D eigenvalue weighted by Gasteiger charge is -2.69. The Kier molecular flexibility index (Phi) is 12.8. The summed E-state index contributed by atoms with van der Waals surface area (Å²) in [5, 5.41) is 19.8. The maximum Gasteiger partial charge on any atom is 0.333 e. The first-order valence-electron chi connectivity index (χ1n) is 18.7. The second-order valence-corrected chi connectivity index (χ2v) is 16.4.